The minimum atomic E-state index is -1.49. The summed E-state index contributed by atoms with van der Waals surface area (Å²) in [6.07, 6.45) is 3.97. The van der Waals surface area contributed by atoms with Gasteiger partial charge >= 0.3 is 0 Å². The number of unbranched alkanes of at least 4 members (excludes halogenated alkanes) is 1. The lowest BCUT2D eigenvalue weighted by Gasteiger charge is -2.43. The first kappa shape index (κ1) is 18.4. The van der Waals surface area contributed by atoms with E-state index in [-0.39, 0.29) is 5.22 Å². The van der Waals surface area contributed by atoms with Crippen LogP contribution < -0.4 is 0 Å². The largest absolute Gasteiger partial charge is 0.414 e. The van der Waals surface area contributed by atoms with Crippen molar-refractivity contribution in [3.8, 4) is 0 Å². The normalized spacial score (nSPS) is 32.2. The minimum absolute atomic E-state index is 0.133. The quantitative estimate of drug-likeness (QED) is 0.483. The number of rotatable bonds is 8. The fourth-order valence-electron chi connectivity index (χ4n) is 3.58. The summed E-state index contributed by atoms with van der Waals surface area (Å²) in [5, 5.41) is 0.655. The molecule has 1 fully saturated rings. The summed E-state index contributed by atoms with van der Waals surface area (Å²) in [5.41, 5.74) is 0. The molecule has 3 unspecified atom stereocenters. The second-order valence-corrected chi connectivity index (χ2v) is 18.4. The van der Waals surface area contributed by atoms with Gasteiger partial charge in [-0.25, -0.2) is 0 Å². The Labute approximate surface area is 130 Å². The van der Waals surface area contributed by atoms with Gasteiger partial charge < -0.3 is 4.43 Å². The second kappa shape index (κ2) is 5.88. The Kier molecular flexibility index (Phi) is 5.43. The zero-order valence-electron chi connectivity index (χ0n) is 15.5. The minimum Gasteiger partial charge on any atom is -0.414 e. The van der Waals surface area contributed by atoms with Crippen LogP contribution in [-0.2, 0) is 4.43 Å². The topological polar surface area (TPSA) is 9.23 Å². The molecule has 1 heterocycles. The van der Waals surface area contributed by atoms with Gasteiger partial charge in [-0.1, -0.05) is 66.1 Å². The molecule has 1 saturated heterocycles. The summed E-state index contributed by atoms with van der Waals surface area (Å²) in [6.45, 7) is 21.9. The Bertz CT molecular complexity index is 340. The van der Waals surface area contributed by atoms with Gasteiger partial charge in [-0.15, -0.1) is 0 Å². The molecule has 0 aromatic carbocycles. The molecule has 1 aliphatic heterocycles. The fraction of sp³-hybridized carbons (Fsp3) is 1.00. The van der Waals surface area contributed by atoms with E-state index in [1.54, 1.807) is 0 Å². The zero-order valence-corrected chi connectivity index (χ0v) is 17.5. The predicted molar refractivity (Wildman–Crippen MR) is 96.6 cm³/mol. The lowest BCUT2D eigenvalue weighted by molar-refractivity contribution is 0.175. The standard InChI is InChI=1S/C17H38OSi2/c1-10-12-13-19(7,8)16(4,5)18-20(9)14-17(20,6)15(3)11-2/h15H,10-14H2,1-9H3. The highest BCUT2D eigenvalue weighted by molar-refractivity contribution is 6.88. The van der Waals surface area contributed by atoms with Crippen LogP contribution in [0.2, 0.25) is 36.8 Å². The van der Waals surface area contributed by atoms with Crippen molar-refractivity contribution in [2.75, 3.05) is 0 Å². The first-order valence-corrected chi connectivity index (χ1v) is 14.5. The van der Waals surface area contributed by atoms with Gasteiger partial charge in [-0.3, -0.25) is 0 Å². The third-order valence-corrected chi connectivity index (χ3v) is 17.0. The summed E-state index contributed by atoms with van der Waals surface area (Å²) < 4.78 is 6.94. The van der Waals surface area contributed by atoms with E-state index in [0.717, 1.165) is 5.92 Å². The van der Waals surface area contributed by atoms with Gasteiger partial charge in [0.15, 0.2) is 8.32 Å². The summed E-state index contributed by atoms with van der Waals surface area (Å²) in [5.74, 6) is 0.815. The molecule has 0 bridgehead atoms. The molecule has 3 atom stereocenters. The fourth-order valence-corrected chi connectivity index (χ4v) is 12.3. The zero-order chi connectivity index (χ0) is 15.8. The Morgan fingerprint density at radius 1 is 1.30 bits per heavy atom. The number of hydrogen-bond acceptors (Lipinski definition) is 1. The lowest BCUT2D eigenvalue weighted by atomic mass is 9.95. The molecule has 0 aliphatic carbocycles. The van der Waals surface area contributed by atoms with Crippen molar-refractivity contribution in [3.05, 3.63) is 0 Å². The van der Waals surface area contributed by atoms with Crippen molar-refractivity contribution in [3.63, 3.8) is 0 Å². The third-order valence-electron chi connectivity index (χ3n) is 6.75. The second-order valence-electron chi connectivity index (χ2n) is 8.73. The first-order chi connectivity index (χ1) is 8.96. The van der Waals surface area contributed by atoms with Crippen molar-refractivity contribution in [2.45, 2.75) is 103 Å². The van der Waals surface area contributed by atoms with E-state index in [0.29, 0.717) is 5.04 Å². The van der Waals surface area contributed by atoms with Gasteiger partial charge in [-0.05, 0) is 37.4 Å². The molecule has 0 N–H and O–H groups in total. The molecule has 0 aromatic rings. The predicted octanol–water partition coefficient (Wildman–Crippen LogP) is 6.22. The monoisotopic (exact) mass is 314 g/mol. The Morgan fingerprint density at radius 3 is 2.30 bits per heavy atom. The van der Waals surface area contributed by atoms with E-state index in [1.165, 1.54) is 31.4 Å². The summed E-state index contributed by atoms with van der Waals surface area (Å²) in [6, 6.07) is 2.78. The molecule has 0 saturated carbocycles. The molecule has 1 rings (SSSR count). The molecule has 1 nitrogen and oxygen atoms in total. The van der Waals surface area contributed by atoms with Crippen molar-refractivity contribution >= 4 is 16.4 Å². The van der Waals surface area contributed by atoms with Crippen LogP contribution in [0.5, 0.6) is 0 Å². The van der Waals surface area contributed by atoms with E-state index in [1.807, 2.05) is 0 Å². The Hall–Kier alpha value is 0.394. The molecule has 120 valence electrons. The highest BCUT2D eigenvalue weighted by Crippen LogP contribution is 2.69. The van der Waals surface area contributed by atoms with Crippen molar-refractivity contribution in [2.24, 2.45) is 5.92 Å². The van der Waals surface area contributed by atoms with Crippen LogP contribution in [0.1, 0.15) is 60.8 Å². The maximum absolute atomic E-state index is 6.94. The average Bonchev–Trinajstić information content (AvgIpc) is 2.87. The molecular formula is C17H38OSi2. The molecule has 1 aliphatic rings. The molecule has 3 heteroatoms. The smallest absolute Gasteiger partial charge is 0.196 e. The highest BCUT2D eigenvalue weighted by Gasteiger charge is 2.69. The Balaban J connectivity index is 2.77. The van der Waals surface area contributed by atoms with Gasteiger partial charge in [-0.2, -0.15) is 0 Å². The van der Waals surface area contributed by atoms with E-state index in [9.17, 15) is 0 Å². The van der Waals surface area contributed by atoms with Crippen LogP contribution in [-0.4, -0.2) is 21.6 Å². The van der Waals surface area contributed by atoms with Gasteiger partial charge in [0.2, 0.25) is 0 Å². The Morgan fingerprint density at radius 2 is 1.85 bits per heavy atom. The van der Waals surface area contributed by atoms with Crippen molar-refractivity contribution in [1.29, 1.82) is 0 Å². The molecular weight excluding hydrogens is 276 g/mol. The maximum atomic E-state index is 6.94. The van der Waals surface area contributed by atoms with Crippen LogP contribution >= 0.6 is 0 Å². The van der Waals surface area contributed by atoms with Crippen LogP contribution in [0.4, 0.5) is 0 Å². The van der Waals surface area contributed by atoms with Crippen LogP contribution in [0.25, 0.3) is 0 Å². The van der Waals surface area contributed by atoms with Gasteiger partial charge in [0.05, 0.1) is 8.07 Å². The lowest BCUT2D eigenvalue weighted by Crippen LogP contribution is -2.55. The molecule has 20 heavy (non-hydrogen) atoms. The molecule has 0 amide bonds. The van der Waals surface area contributed by atoms with Gasteiger partial charge in [0.25, 0.3) is 0 Å². The van der Waals surface area contributed by atoms with Crippen molar-refractivity contribution in [1.82, 2.24) is 0 Å². The number of hydrogen-bond donors (Lipinski definition) is 0. The average molecular weight is 315 g/mol. The van der Waals surface area contributed by atoms with E-state index >= 15 is 0 Å². The van der Waals surface area contributed by atoms with Crippen LogP contribution in [0.15, 0.2) is 0 Å². The van der Waals surface area contributed by atoms with Gasteiger partial charge in [0.1, 0.15) is 0 Å². The first-order valence-electron chi connectivity index (χ1n) is 8.66. The molecule has 0 spiro atoms. The summed E-state index contributed by atoms with van der Waals surface area (Å²) >= 11 is 0. The third kappa shape index (κ3) is 3.25. The van der Waals surface area contributed by atoms with E-state index in [4.69, 9.17) is 4.43 Å². The summed E-state index contributed by atoms with van der Waals surface area (Å²) in [4.78, 5) is 0. The molecule has 0 radical (unpaired) electrons. The molecule has 0 aromatic heterocycles. The highest BCUT2D eigenvalue weighted by atomic mass is 28.4. The maximum Gasteiger partial charge on any atom is 0.196 e. The van der Waals surface area contributed by atoms with Gasteiger partial charge in [0, 0.05) is 5.22 Å². The van der Waals surface area contributed by atoms with Crippen LogP contribution in [0, 0.1) is 5.92 Å². The van der Waals surface area contributed by atoms with E-state index < -0.39 is 16.4 Å². The van der Waals surface area contributed by atoms with Crippen LogP contribution in [0.3, 0.4) is 0 Å². The summed E-state index contributed by atoms with van der Waals surface area (Å²) in [7, 11) is -2.81. The van der Waals surface area contributed by atoms with E-state index in [2.05, 4.69) is 61.2 Å². The van der Waals surface area contributed by atoms with Crippen molar-refractivity contribution < 1.29 is 4.43 Å². The SMILES string of the molecule is CCCC[Si](C)(C)C(C)(C)O[Si]1(C)CC1(C)C(C)CC.